The summed E-state index contributed by atoms with van der Waals surface area (Å²) in [6.45, 7) is 0. The van der Waals surface area contributed by atoms with Gasteiger partial charge in [0, 0.05) is 26.9 Å². The van der Waals surface area contributed by atoms with E-state index in [0.29, 0.717) is 0 Å². The Morgan fingerprint density at radius 1 is 0.682 bits per heavy atom. The van der Waals surface area contributed by atoms with Crippen LogP contribution in [-0.2, 0) is 0 Å². The maximum Gasteiger partial charge on any atom is 0.0462 e. The Labute approximate surface area is 141 Å². The number of thiol groups is 1. The van der Waals surface area contributed by atoms with Crippen LogP contribution in [0.4, 0.5) is 17.1 Å². The zero-order valence-corrected chi connectivity index (χ0v) is 14.0. The van der Waals surface area contributed by atoms with E-state index in [2.05, 4.69) is 84.4 Å². The Bertz CT molecular complexity index is 722. The molecule has 3 heteroatoms. The van der Waals surface area contributed by atoms with Gasteiger partial charge in [0.25, 0.3) is 0 Å². The molecule has 0 saturated heterocycles. The summed E-state index contributed by atoms with van der Waals surface area (Å²) >= 11 is 6.13. The normalized spacial score (nSPS) is 10.5. The molecule has 0 heterocycles. The Hall–Kier alpha value is -1.84. The molecule has 0 N–H and O–H groups in total. The molecule has 0 aromatic heterocycles. The number of rotatable bonds is 4. The molecule has 0 amide bonds. The fraction of sp³-hybridized carbons (Fsp3) is 0.0526. The molecule has 3 aromatic carbocycles. The van der Waals surface area contributed by atoms with E-state index in [1.165, 1.54) is 4.90 Å². The van der Waals surface area contributed by atoms with Gasteiger partial charge in [0.15, 0.2) is 0 Å². The first-order chi connectivity index (χ1) is 10.8. The van der Waals surface area contributed by atoms with E-state index < -0.39 is 0 Å². The van der Waals surface area contributed by atoms with Crippen LogP contribution >= 0.6 is 24.4 Å². The summed E-state index contributed by atoms with van der Waals surface area (Å²) in [5, 5.41) is 0. The fourth-order valence-electron chi connectivity index (χ4n) is 2.36. The van der Waals surface area contributed by atoms with Gasteiger partial charge in [0.2, 0.25) is 0 Å². The highest BCUT2D eigenvalue weighted by Crippen LogP contribution is 2.35. The van der Waals surface area contributed by atoms with Gasteiger partial charge in [-0.15, -0.1) is 24.4 Å². The largest absolute Gasteiger partial charge is 0.311 e. The second kappa shape index (κ2) is 6.95. The fourth-order valence-corrected chi connectivity index (χ4v) is 2.91. The van der Waals surface area contributed by atoms with Crippen molar-refractivity contribution in [2.24, 2.45) is 0 Å². The minimum atomic E-state index is 0.967. The first kappa shape index (κ1) is 15.1. The van der Waals surface area contributed by atoms with Crippen LogP contribution in [0.2, 0.25) is 0 Å². The van der Waals surface area contributed by atoms with E-state index in [9.17, 15) is 0 Å². The molecular weight excluding hydrogens is 306 g/mol. The second-order valence-electron chi connectivity index (χ2n) is 4.89. The van der Waals surface area contributed by atoms with Gasteiger partial charge >= 0.3 is 0 Å². The lowest BCUT2D eigenvalue weighted by molar-refractivity contribution is 1.26. The number of para-hydroxylation sites is 1. The third-order valence-electron chi connectivity index (χ3n) is 3.45. The summed E-state index contributed by atoms with van der Waals surface area (Å²) in [5.41, 5.74) is 3.42. The lowest BCUT2D eigenvalue weighted by Gasteiger charge is -2.25. The van der Waals surface area contributed by atoms with Crippen molar-refractivity contribution < 1.29 is 0 Å². The Kier molecular flexibility index (Phi) is 4.76. The predicted molar refractivity (Wildman–Crippen MR) is 100 cm³/mol. The van der Waals surface area contributed by atoms with Gasteiger partial charge < -0.3 is 4.90 Å². The second-order valence-corrected chi connectivity index (χ2v) is 6.28. The van der Waals surface area contributed by atoms with Crippen LogP contribution < -0.4 is 4.90 Å². The summed E-state index contributed by atoms with van der Waals surface area (Å²) in [6.07, 6.45) is 2.09. The van der Waals surface area contributed by atoms with Crippen molar-refractivity contribution in [2.45, 2.75) is 9.79 Å². The van der Waals surface area contributed by atoms with Gasteiger partial charge in [0.1, 0.15) is 0 Å². The maximum absolute atomic E-state index is 4.38. The van der Waals surface area contributed by atoms with Gasteiger partial charge in [-0.1, -0.05) is 18.2 Å². The van der Waals surface area contributed by atoms with Crippen LogP contribution in [0.3, 0.4) is 0 Å². The molecule has 0 atom stereocenters. The molecular formula is C19H17NS2. The third-order valence-corrected chi connectivity index (χ3v) is 4.49. The SMILES string of the molecule is CSc1ccc(N(c2ccccc2)c2ccc(S)cc2)cc1. The van der Waals surface area contributed by atoms with Crippen LogP contribution in [0, 0.1) is 0 Å². The Morgan fingerprint density at radius 2 is 1.18 bits per heavy atom. The Balaban J connectivity index is 2.07. The molecule has 22 heavy (non-hydrogen) atoms. The highest BCUT2D eigenvalue weighted by Gasteiger charge is 2.11. The molecule has 3 rings (SSSR count). The first-order valence-corrected chi connectivity index (χ1v) is 8.73. The van der Waals surface area contributed by atoms with Crippen molar-refractivity contribution in [3.63, 3.8) is 0 Å². The highest BCUT2D eigenvalue weighted by atomic mass is 32.2. The molecule has 110 valence electrons. The van der Waals surface area contributed by atoms with Gasteiger partial charge in [-0.25, -0.2) is 0 Å². The topological polar surface area (TPSA) is 3.24 Å². The van der Waals surface area contributed by atoms with Crippen molar-refractivity contribution in [3.05, 3.63) is 78.9 Å². The smallest absolute Gasteiger partial charge is 0.0462 e. The van der Waals surface area contributed by atoms with E-state index in [0.717, 1.165) is 22.0 Å². The minimum Gasteiger partial charge on any atom is -0.311 e. The standard InChI is InChI=1S/C19H17NS2/c1-22-19-13-9-17(10-14-19)20(15-5-3-2-4-6-15)16-7-11-18(21)12-8-16/h2-14,21H,1H3. The van der Waals surface area contributed by atoms with Crippen LogP contribution in [0.15, 0.2) is 88.7 Å². The number of anilines is 3. The third kappa shape index (κ3) is 3.32. The Morgan fingerprint density at radius 3 is 1.73 bits per heavy atom. The molecule has 0 bridgehead atoms. The number of nitrogens with zero attached hydrogens (tertiary/aromatic N) is 1. The van der Waals surface area contributed by atoms with Crippen molar-refractivity contribution in [3.8, 4) is 0 Å². The van der Waals surface area contributed by atoms with Gasteiger partial charge in [-0.05, 0) is 66.9 Å². The summed E-state index contributed by atoms with van der Waals surface area (Å²) in [5.74, 6) is 0. The summed E-state index contributed by atoms with van der Waals surface area (Å²) < 4.78 is 0. The summed E-state index contributed by atoms with van der Waals surface area (Å²) in [7, 11) is 0. The van der Waals surface area contributed by atoms with Crippen molar-refractivity contribution in [1.82, 2.24) is 0 Å². The number of hydrogen-bond acceptors (Lipinski definition) is 3. The molecule has 0 aliphatic rings. The van der Waals surface area contributed by atoms with Gasteiger partial charge in [-0.3, -0.25) is 0 Å². The summed E-state index contributed by atoms with van der Waals surface area (Å²) in [4.78, 5) is 4.48. The van der Waals surface area contributed by atoms with Crippen molar-refractivity contribution in [1.29, 1.82) is 0 Å². The minimum absolute atomic E-state index is 0.967. The van der Waals surface area contributed by atoms with Crippen LogP contribution in [0.25, 0.3) is 0 Å². The number of benzene rings is 3. The molecule has 0 radical (unpaired) electrons. The van der Waals surface area contributed by atoms with Crippen LogP contribution in [0.5, 0.6) is 0 Å². The lowest BCUT2D eigenvalue weighted by Crippen LogP contribution is -2.09. The zero-order valence-electron chi connectivity index (χ0n) is 12.3. The quantitative estimate of drug-likeness (QED) is 0.452. The average Bonchev–Trinajstić information content (AvgIpc) is 2.58. The number of hydrogen-bond donors (Lipinski definition) is 1. The molecule has 0 saturated carbocycles. The lowest BCUT2D eigenvalue weighted by atomic mass is 10.2. The molecule has 1 nitrogen and oxygen atoms in total. The van der Waals surface area contributed by atoms with E-state index in [4.69, 9.17) is 0 Å². The van der Waals surface area contributed by atoms with E-state index >= 15 is 0 Å². The monoisotopic (exact) mass is 323 g/mol. The maximum atomic E-state index is 4.38. The first-order valence-electron chi connectivity index (χ1n) is 7.06. The van der Waals surface area contributed by atoms with Crippen molar-refractivity contribution in [2.75, 3.05) is 11.2 Å². The average molecular weight is 323 g/mol. The van der Waals surface area contributed by atoms with E-state index in [-0.39, 0.29) is 0 Å². The number of thioether (sulfide) groups is 1. The van der Waals surface area contributed by atoms with Crippen molar-refractivity contribution >= 4 is 41.5 Å². The molecule has 0 aliphatic heterocycles. The predicted octanol–water partition coefficient (Wildman–Crippen LogP) is 6.17. The van der Waals surface area contributed by atoms with Crippen LogP contribution in [-0.4, -0.2) is 6.26 Å². The molecule has 0 unspecified atom stereocenters. The van der Waals surface area contributed by atoms with Crippen LogP contribution in [0.1, 0.15) is 0 Å². The molecule has 3 aromatic rings. The van der Waals surface area contributed by atoms with Gasteiger partial charge in [-0.2, -0.15) is 0 Å². The molecule has 0 spiro atoms. The zero-order chi connectivity index (χ0) is 15.4. The molecule has 0 fully saturated rings. The van der Waals surface area contributed by atoms with E-state index in [1.54, 1.807) is 11.8 Å². The molecule has 0 aliphatic carbocycles. The summed E-state index contributed by atoms with van der Waals surface area (Å²) in [6, 6.07) is 27.3. The van der Waals surface area contributed by atoms with Gasteiger partial charge in [0.05, 0.1) is 0 Å². The van der Waals surface area contributed by atoms with E-state index in [1.807, 2.05) is 18.2 Å². The highest BCUT2D eigenvalue weighted by molar-refractivity contribution is 7.98.